The fourth-order valence-electron chi connectivity index (χ4n) is 5.64. The Bertz CT molecular complexity index is 942. The van der Waals surface area contributed by atoms with Gasteiger partial charge in [0, 0.05) is 25.6 Å². The average molecular weight is 530 g/mol. The van der Waals surface area contributed by atoms with Crippen molar-refractivity contribution in [2.45, 2.75) is 83.7 Å². The summed E-state index contributed by atoms with van der Waals surface area (Å²) in [6, 6.07) is 7.66. The summed E-state index contributed by atoms with van der Waals surface area (Å²) in [5.41, 5.74) is 0.694. The third kappa shape index (κ3) is 8.15. The van der Waals surface area contributed by atoms with E-state index in [0.717, 1.165) is 43.8 Å². The molecule has 1 aliphatic carbocycles. The van der Waals surface area contributed by atoms with E-state index in [1.807, 2.05) is 31.2 Å². The molecule has 1 N–H and O–H groups in total. The molecule has 1 aromatic rings. The molecule has 3 rings (SSSR count). The minimum absolute atomic E-state index is 0.282. The van der Waals surface area contributed by atoms with Crippen molar-refractivity contribution >= 4 is 12.0 Å². The van der Waals surface area contributed by atoms with Crippen LogP contribution in [0, 0.1) is 5.92 Å². The Morgan fingerprint density at radius 2 is 1.92 bits per heavy atom. The number of epoxide rings is 1. The number of methoxy groups -OCH3 is 1. The molecule has 7 nitrogen and oxygen atoms in total. The maximum absolute atomic E-state index is 12.8. The second kappa shape index (κ2) is 13.7. The number of hydrogen-bond donors (Lipinski definition) is 1. The molecule has 1 heterocycles. The van der Waals surface area contributed by atoms with Gasteiger partial charge in [-0.05, 0) is 83.3 Å². The molecule has 0 radical (unpaired) electrons. The Balaban J connectivity index is 1.58. The van der Waals surface area contributed by atoms with Crippen molar-refractivity contribution < 1.29 is 28.8 Å². The number of esters is 1. The van der Waals surface area contributed by atoms with Gasteiger partial charge in [-0.2, -0.15) is 0 Å². The molecular formula is C31H47NO6. The number of allylic oxidation sites excluding steroid dienone is 2. The van der Waals surface area contributed by atoms with E-state index in [2.05, 4.69) is 38.7 Å². The summed E-state index contributed by atoms with van der Waals surface area (Å²) in [5.74, 6) is 0.100. The molecule has 0 bridgehead atoms. The Morgan fingerprint density at radius 1 is 1.24 bits per heavy atom. The van der Waals surface area contributed by atoms with E-state index < -0.39 is 29.4 Å². The molecule has 38 heavy (non-hydrogen) atoms. The van der Waals surface area contributed by atoms with Crippen LogP contribution in [-0.2, 0) is 19.0 Å². The summed E-state index contributed by atoms with van der Waals surface area (Å²) in [6.45, 7) is 14.4. The van der Waals surface area contributed by atoms with Gasteiger partial charge in [-0.15, -0.1) is 0 Å². The summed E-state index contributed by atoms with van der Waals surface area (Å²) in [6.07, 6.45) is 7.15. The number of aliphatic hydroxyl groups is 1. The molecule has 2 aliphatic rings. The highest BCUT2D eigenvalue weighted by molar-refractivity contribution is 5.87. The van der Waals surface area contributed by atoms with Gasteiger partial charge in [0.15, 0.2) is 0 Å². The van der Waals surface area contributed by atoms with E-state index in [-0.39, 0.29) is 5.92 Å². The minimum Gasteiger partial charge on any atom is -0.492 e. The predicted octanol–water partition coefficient (Wildman–Crippen LogP) is 5.02. The molecule has 1 spiro atoms. The van der Waals surface area contributed by atoms with Crippen molar-refractivity contribution in [2.24, 2.45) is 5.92 Å². The number of rotatable bonds is 14. The van der Waals surface area contributed by atoms with Crippen molar-refractivity contribution in [1.29, 1.82) is 0 Å². The van der Waals surface area contributed by atoms with Gasteiger partial charge in [-0.1, -0.05) is 37.6 Å². The number of carbonyl (C=O) groups excluding carboxylic acids is 1. The zero-order valence-electron chi connectivity index (χ0n) is 24.1. The summed E-state index contributed by atoms with van der Waals surface area (Å²) >= 11 is 0. The second-order valence-corrected chi connectivity index (χ2v) is 11.0. The fraction of sp³-hybridized carbons (Fsp3) is 0.645. The first-order chi connectivity index (χ1) is 18.1. The topological polar surface area (TPSA) is 80.8 Å². The number of ether oxygens (including phenoxy) is 4. The van der Waals surface area contributed by atoms with Crippen LogP contribution < -0.4 is 4.74 Å². The van der Waals surface area contributed by atoms with Crippen molar-refractivity contribution in [3.8, 4) is 5.75 Å². The maximum atomic E-state index is 12.8. The average Bonchev–Trinajstić information content (AvgIpc) is 3.66. The highest BCUT2D eigenvalue weighted by Crippen LogP contribution is 2.52. The van der Waals surface area contributed by atoms with Gasteiger partial charge in [0.25, 0.3) is 0 Å². The summed E-state index contributed by atoms with van der Waals surface area (Å²) in [4.78, 5) is 15.1. The molecular weight excluding hydrogens is 482 g/mol. The van der Waals surface area contributed by atoms with Crippen LogP contribution in [0.3, 0.4) is 0 Å². The fourth-order valence-corrected chi connectivity index (χ4v) is 5.64. The predicted molar refractivity (Wildman–Crippen MR) is 150 cm³/mol. The summed E-state index contributed by atoms with van der Waals surface area (Å²) in [5, 5.41) is 11.5. The molecule has 5 atom stereocenters. The molecule has 0 aromatic heterocycles. The van der Waals surface area contributed by atoms with Gasteiger partial charge >= 0.3 is 5.97 Å². The number of hydrogen-bond acceptors (Lipinski definition) is 7. The highest BCUT2D eigenvalue weighted by atomic mass is 16.6. The number of likely N-dealkylation sites (N-methyl/N-ethyl adjacent to an activating group) is 1. The van der Waals surface area contributed by atoms with Crippen LogP contribution in [0.1, 0.15) is 65.9 Å². The number of nitrogens with zero attached hydrogens (tertiary/aromatic N) is 1. The Hall–Kier alpha value is -2.19. The zero-order valence-corrected chi connectivity index (χ0v) is 24.1. The van der Waals surface area contributed by atoms with E-state index >= 15 is 0 Å². The Morgan fingerprint density at radius 3 is 2.50 bits per heavy atom. The normalized spacial score (nSPS) is 26.4. The molecule has 2 fully saturated rings. The summed E-state index contributed by atoms with van der Waals surface area (Å²) in [7, 11) is 1.62. The summed E-state index contributed by atoms with van der Waals surface area (Å²) < 4.78 is 23.5. The van der Waals surface area contributed by atoms with Crippen LogP contribution in [0.4, 0.5) is 0 Å². The van der Waals surface area contributed by atoms with E-state index in [0.29, 0.717) is 26.1 Å². The van der Waals surface area contributed by atoms with E-state index in [9.17, 15) is 9.90 Å². The van der Waals surface area contributed by atoms with Crippen LogP contribution in [0.2, 0.25) is 0 Å². The lowest BCUT2D eigenvalue weighted by Gasteiger charge is -2.47. The van der Waals surface area contributed by atoms with Crippen molar-refractivity contribution in [1.82, 2.24) is 4.90 Å². The van der Waals surface area contributed by atoms with E-state index in [1.54, 1.807) is 13.2 Å². The first kappa shape index (κ1) is 30.4. The van der Waals surface area contributed by atoms with Crippen molar-refractivity contribution in [2.75, 3.05) is 40.0 Å². The quantitative estimate of drug-likeness (QED) is 0.157. The SMILES string of the molecule is CCN(CC)CCOc1ccc(/C=C/C(=O)O[C@@H]2CCC3(CO3)[C@@H](C(C)(O)CCC=C(C)C)[C@@H]2OC)cc1. The standard InChI is InChI=1S/C31H47NO6/c1-7-32(8-2)20-21-36-25-14-11-24(12-15-25)13-16-27(33)38-26-17-19-31(22-37-31)29(28(26)35-6)30(5,34)18-9-10-23(3)4/h10-16,26,28-29,34H,7-9,17-22H2,1-6H3/b16-13+/t26-,28-,29-,30?,31?/m1/s1. The van der Waals surface area contributed by atoms with Crippen LogP contribution in [-0.4, -0.2) is 79.3 Å². The molecule has 0 amide bonds. The van der Waals surface area contributed by atoms with Gasteiger partial charge in [-0.3, -0.25) is 0 Å². The van der Waals surface area contributed by atoms with Crippen LogP contribution >= 0.6 is 0 Å². The van der Waals surface area contributed by atoms with Gasteiger partial charge in [-0.25, -0.2) is 4.79 Å². The number of carbonyl (C=O) groups is 1. The lowest BCUT2D eigenvalue weighted by Crippen LogP contribution is -2.58. The molecule has 1 aromatic carbocycles. The zero-order chi connectivity index (χ0) is 27.8. The lowest BCUT2D eigenvalue weighted by molar-refractivity contribution is -0.185. The molecule has 7 heteroatoms. The largest absolute Gasteiger partial charge is 0.492 e. The van der Waals surface area contributed by atoms with Crippen LogP contribution in [0.5, 0.6) is 5.75 Å². The second-order valence-electron chi connectivity index (χ2n) is 11.0. The smallest absolute Gasteiger partial charge is 0.331 e. The van der Waals surface area contributed by atoms with Crippen molar-refractivity contribution in [3.63, 3.8) is 0 Å². The van der Waals surface area contributed by atoms with Gasteiger partial charge in [0.05, 0.1) is 17.8 Å². The first-order valence-electron chi connectivity index (χ1n) is 14.0. The number of benzene rings is 1. The third-order valence-electron chi connectivity index (χ3n) is 7.90. The van der Waals surface area contributed by atoms with Crippen molar-refractivity contribution in [3.05, 3.63) is 47.6 Å². The van der Waals surface area contributed by atoms with Gasteiger partial charge in [0.2, 0.25) is 0 Å². The van der Waals surface area contributed by atoms with Crippen LogP contribution in [0.15, 0.2) is 42.0 Å². The maximum Gasteiger partial charge on any atom is 0.331 e. The third-order valence-corrected chi connectivity index (χ3v) is 7.90. The molecule has 1 saturated carbocycles. The lowest BCUT2D eigenvalue weighted by atomic mass is 9.66. The highest BCUT2D eigenvalue weighted by Gasteiger charge is 2.64. The molecule has 1 saturated heterocycles. The van der Waals surface area contributed by atoms with Gasteiger partial charge in [0.1, 0.15) is 24.6 Å². The van der Waals surface area contributed by atoms with Gasteiger partial charge < -0.3 is 29.0 Å². The first-order valence-corrected chi connectivity index (χ1v) is 14.0. The Labute approximate surface area is 228 Å². The molecule has 2 unspecified atom stereocenters. The molecule has 1 aliphatic heterocycles. The van der Waals surface area contributed by atoms with E-state index in [1.165, 1.54) is 11.6 Å². The van der Waals surface area contributed by atoms with E-state index in [4.69, 9.17) is 18.9 Å². The molecule has 212 valence electrons. The minimum atomic E-state index is -1.01. The van der Waals surface area contributed by atoms with Crippen LogP contribution in [0.25, 0.3) is 6.08 Å². The monoisotopic (exact) mass is 529 g/mol. The Kier molecular flexibility index (Phi) is 11.0.